The molecule has 0 aliphatic heterocycles. The molecule has 0 fully saturated rings. The Balaban J connectivity index is 2.31. The number of aromatic nitrogens is 1. The molecule has 4 nitrogen and oxygen atoms in total. The van der Waals surface area contributed by atoms with Crippen LogP contribution in [-0.2, 0) is 11.2 Å². The van der Waals surface area contributed by atoms with Crippen LogP contribution in [0.4, 0.5) is 0 Å². The van der Waals surface area contributed by atoms with Gasteiger partial charge in [-0.25, -0.2) is 4.79 Å². The molecule has 1 unspecified atom stereocenters. The van der Waals surface area contributed by atoms with Crippen molar-refractivity contribution in [3.05, 3.63) is 36.2 Å². The second kappa shape index (κ2) is 21.4. The largest absolute Gasteiger partial charge is 0.421 e. The van der Waals surface area contributed by atoms with Gasteiger partial charge in [-0.05, 0) is 38.9 Å². The van der Waals surface area contributed by atoms with Crippen molar-refractivity contribution in [3.63, 3.8) is 0 Å². The van der Waals surface area contributed by atoms with E-state index in [0.29, 0.717) is 5.75 Å². The van der Waals surface area contributed by atoms with Gasteiger partial charge in [-0.2, -0.15) is 0 Å². The first-order chi connectivity index (χ1) is 17.6. The van der Waals surface area contributed by atoms with Crippen LogP contribution >= 0.6 is 0 Å². The summed E-state index contributed by atoms with van der Waals surface area (Å²) in [6.07, 6.45) is 25.7. The first kappa shape index (κ1) is 32.3. The van der Waals surface area contributed by atoms with Gasteiger partial charge in [-0.1, -0.05) is 124 Å². The van der Waals surface area contributed by atoms with Crippen molar-refractivity contribution in [1.29, 1.82) is 0 Å². The zero-order valence-electron chi connectivity index (χ0n) is 24.2. The average Bonchev–Trinajstić information content (AvgIpc) is 2.89. The summed E-state index contributed by atoms with van der Waals surface area (Å²) < 4.78 is 5.72. The minimum absolute atomic E-state index is 0.167. The molecule has 1 heterocycles. The fourth-order valence-electron chi connectivity index (χ4n) is 5.08. The molecule has 0 bridgehead atoms. The van der Waals surface area contributed by atoms with Gasteiger partial charge in [0, 0.05) is 23.9 Å². The lowest BCUT2D eigenvalue weighted by atomic mass is 10.0. The quantitative estimate of drug-likeness (QED) is 0.0852. The van der Waals surface area contributed by atoms with Crippen LogP contribution in [0.1, 0.15) is 148 Å². The van der Waals surface area contributed by atoms with Crippen LogP contribution in [0.5, 0.6) is 5.75 Å². The lowest BCUT2D eigenvalue weighted by molar-refractivity contribution is -0.129. The molecule has 4 heteroatoms. The summed E-state index contributed by atoms with van der Waals surface area (Å²) >= 11 is 0. The van der Waals surface area contributed by atoms with Crippen molar-refractivity contribution < 1.29 is 9.53 Å². The second-order valence-corrected chi connectivity index (χ2v) is 10.3. The van der Waals surface area contributed by atoms with Crippen LogP contribution in [0.3, 0.4) is 0 Å². The van der Waals surface area contributed by atoms with Crippen LogP contribution in [-0.4, -0.2) is 28.9 Å². The Morgan fingerprint density at radius 3 is 1.78 bits per heavy atom. The van der Waals surface area contributed by atoms with E-state index in [1.54, 1.807) is 0 Å². The highest BCUT2D eigenvalue weighted by Crippen LogP contribution is 2.32. The number of carbonyl (C=O) groups excluding carboxylic acids is 1. The highest BCUT2D eigenvalue weighted by molar-refractivity contribution is 5.83. The fraction of sp³-hybridized carbons (Fsp3) is 0.750. The molecule has 36 heavy (non-hydrogen) atoms. The maximum Gasteiger partial charge on any atom is 0.335 e. The number of hydrogen-bond donors (Lipinski definition) is 0. The molecule has 0 radical (unpaired) electrons. The lowest BCUT2D eigenvalue weighted by Crippen LogP contribution is -2.27. The SMILES string of the molecule is C=CC(=O)Oc1c(C(C)N(CC)CC)ccnc1CCCCCCCCCCCCCCCCCC. The summed E-state index contributed by atoms with van der Waals surface area (Å²) in [4.78, 5) is 19.0. The summed E-state index contributed by atoms with van der Waals surface area (Å²) in [5.74, 6) is 0.229. The molecular weight excluding hydrogens is 444 g/mol. The van der Waals surface area contributed by atoms with E-state index in [1.807, 2.05) is 12.3 Å². The maximum absolute atomic E-state index is 12.1. The van der Waals surface area contributed by atoms with Gasteiger partial charge in [-0.3, -0.25) is 9.88 Å². The standard InChI is InChI=1S/C32H56N2O2/c1-6-10-11-12-13-14-15-16-17-18-19-20-21-22-23-24-25-30-32(36-31(35)7-2)29(26-27-33-30)28(5)34(8-3)9-4/h7,26-28H,2,6,8-25H2,1,3-5H3. The van der Waals surface area contributed by atoms with E-state index < -0.39 is 5.97 Å². The van der Waals surface area contributed by atoms with Crippen LogP contribution in [0.15, 0.2) is 24.9 Å². The van der Waals surface area contributed by atoms with Gasteiger partial charge < -0.3 is 4.74 Å². The van der Waals surface area contributed by atoms with E-state index in [2.05, 4.69) is 44.2 Å². The molecular formula is C32H56N2O2. The Labute approximate surface area is 223 Å². The molecule has 1 aromatic heterocycles. The molecule has 0 saturated carbocycles. The van der Waals surface area contributed by atoms with Crippen LogP contribution in [0, 0.1) is 0 Å². The molecule has 0 saturated heterocycles. The van der Waals surface area contributed by atoms with Crippen molar-refractivity contribution in [2.24, 2.45) is 0 Å². The van der Waals surface area contributed by atoms with Gasteiger partial charge >= 0.3 is 5.97 Å². The Morgan fingerprint density at radius 1 is 0.861 bits per heavy atom. The van der Waals surface area contributed by atoms with Crippen molar-refractivity contribution in [2.75, 3.05) is 13.1 Å². The maximum atomic E-state index is 12.1. The van der Waals surface area contributed by atoms with Crippen molar-refractivity contribution in [1.82, 2.24) is 9.88 Å². The molecule has 1 aromatic rings. The molecule has 1 atom stereocenters. The predicted molar refractivity (Wildman–Crippen MR) is 155 cm³/mol. The summed E-state index contributed by atoms with van der Waals surface area (Å²) in [6, 6.07) is 2.16. The van der Waals surface area contributed by atoms with E-state index in [4.69, 9.17) is 4.74 Å². The molecule has 1 rings (SSSR count). The number of esters is 1. The summed E-state index contributed by atoms with van der Waals surface area (Å²) in [5.41, 5.74) is 1.93. The molecule has 0 amide bonds. The number of ether oxygens (including phenoxy) is 1. The van der Waals surface area contributed by atoms with Crippen LogP contribution in [0.2, 0.25) is 0 Å². The summed E-state index contributed by atoms with van der Waals surface area (Å²) in [5, 5.41) is 0. The second-order valence-electron chi connectivity index (χ2n) is 10.3. The monoisotopic (exact) mass is 500 g/mol. The minimum Gasteiger partial charge on any atom is -0.421 e. The lowest BCUT2D eigenvalue weighted by Gasteiger charge is -2.28. The Morgan fingerprint density at radius 2 is 1.33 bits per heavy atom. The smallest absolute Gasteiger partial charge is 0.335 e. The van der Waals surface area contributed by atoms with Gasteiger partial charge in [0.25, 0.3) is 0 Å². The van der Waals surface area contributed by atoms with Crippen LogP contribution in [0.25, 0.3) is 0 Å². The van der Waals surface area contributed by atoms with Crippen molar-refractivity contribution in [2.45, 2.75) is 143 Å². The molecule has 0 spiro atoms. The summed E-state index contributed by atoms with van der Waals surface area (Å²) in [6.45, 7) is 14.2. The van der Waals surface area contributed by atoms with Crippen LogP contribution < -0.4 is 4.74 Å². The number of carbonyl (C=O) groups is 1. The van der Waals surface area contributed by atoms with Crippen molar-refractivity contribution in [3.8, 4) is 5.75 Å². The van der Waals surface area contributed by atoms with Gasteiger partial charge in [0.1, 0.15) is 0 Å². The molecule has 0 aliphatic carbocycles. The number of nitrogens with zero attached hydrogens (tertiary/aromatic N) is 2. The zero-order valence-corrected chi connectivity index (χ0v) is 24.2. The first-order valence-corrected chi connectivity index (χ1v) is 15.1. The highest BCUT2D eigenvalue weighted by atomic mass is 16.5. The first-order valence-electron chi connectivity index (χ1n) is 15.1. The number of aryl methyl sites for hydroxylation is 1. The van der Waals surface area contributed by atoms with E-state index in [0.717, 1.165) is 37.2 Å². The molecule has 0 aliphatic rings. The molecule has 206 valence electrons. The van der Waals surface area contributed by atoms with E-state index >= 15 is 0 Å². The Kier molecular flexibility index (Phi) is 19.2. The number of hydrogen-bond acceptors (Lipinski definition) is 4. The third-order valence-electron chi connectivity index (χ3n) is 7.46. The van der Waals surface area contributed by atoms with E-state index in [-0.39, 0.29) is 6.04 Å². The molecule has 0 N–H and O–H groups in total. The average molecular weight is 501 g/mol. The summed E-state index contributed by atoms with van der Waals surface area (Å²) in [7, 11) is 0. The Bertz CT molecular complexity index is 699. The Hall–Kier alpha value is -1.68. The fourth-order valence-corrected chi connectivity index (χ4v) is 5.08. The van der Waals surface area contributed by atoms with Gasteiger partial charge in [0.05, 0.1) is 5.69 Å². The van der Waals surface area contributed by atoms with Gasteiger partial charge in [0.2, 0.25) is 0 Å². The topological polar surface area (TPSA) is 42.4 Å². The number of rotatable bonds is 23. The molecule has 0 aromatic carbocycles. The normalized spacial score (nSPS) is 12.1. The van der Waals surface area contributed by atoms with Gasteiger partial charge in [-0.15, -0.1) is 0 Å². The third-order valence-corrected chi connectivity index (χ3v) is 7.46. The van der Waals surface area contributed by atoms with E-state index in [1.165, 1.54) is 102 Å². The number of pyridine rings is 1. The van der Waals surface area contributed by atoms with Gasteiger partial charge in [0.15, 0.2) is 5.75 Å². The van der Waals surface area contributed by atoms with Crippen molar-refractivity contribution >= 4 is 5.97 Å². The third kappa shape index (κ3) is 13.6. The minimum atomic E-state index is -0.413. The highest BCUT2D eigenvalue weighted by Gasteiger charge is 2.21. The van der Waals surface area contributed by atoms with E-state index in [9.17, 15) is 4.79 Å². The zero-order chi connectivity index (χ0) is 26.4. The predicted octanol–water partition coefficient (Wildman–Crippen LogP) is 9.38. The number of unbranched alkanes of at least 4 members (excludes halogenated alkanes) is 15.